The normalized spacial score (nSPS) is 12.7. The van der Waals surface area contributed by atoms with Crippen molar-refractivity contribution >= 4 is 33.4 Å². The van der Waals surface area contributed by atoms with Crippen LogP contribution in [0.4, 0.5) is 0 Å². The van der Waals surface area contributed by atoms with Crippen LogP contribution < -0.4 is 20.5 Å². The first-order valence-corrected chi connectivity index (χ1v) is 13.4. The Balaban J connectivity index is 1.29. The van der Waals surface area contributed by atoms with Crippen LogP contribution in [0.25, 0.3) is 21.7 Å². The van der Waals surface area contributed by atoms with Crippen molar-refractivity contribution < 1.29 is 19.1 Å². The molecule has 0 aliphatic carbocycles. The predicted molar refractivity (Wildman–Crippen MR) is 157 cm³/mol. The molecule has 4 aromatic carbocycles. The Hall–Kier alpha value is -4.62. The molecule has 5 aromatic rings. The Labute approximate surface area is 233 Å². The molecule has 40 heavy (non-hydrogen) atoms. The molecule has 2 atom stereocenters. The molecule has 0 saturated heterocycles. The highest BCUT2D eigenvalue weighted by Crippen LogP contribution is 2.24. The molecule has 0 aliphatic rings. The number of amides is 1. The van der Waals surface area contributed by atoms with E-state index in [1.807, 2.05) is 97.2 Å². The number of hydrogen-bond acceptors (Lipinski definition) is 5. The molecule has 0 saturated carbocycles. The van der Waals surface area contributed by atoms with Crippen molar-refractivity contribution in [3.8, 4) is 11.5 Å². The predicted octanol–water partition coefficient (Wildman–Crippen LogP) is 5.17. The number of fused-ring (bicyclic) bond motifs is 2. The molecule has 0 radical (unpaired) electrons. The summed E-state index contributed by atoms with van der Waals surface area (Å²) in [4.78, 5) is 29.7. The van der Waals surface area contributed by atoms with Gasteiger partial charge in [0.1, 0.15) is 18.1 Å². The fraction of sp³-hybridized carbons (Fsp3) is 0.212. The lowest BCUT2D eigenvalue weighted by atomic mass is 9.92. The van der Waals surface area contributed by atoms with Crippen LogP contribution in [-0.4, -0.2) is 36.6 Å². The van der Waals surface area contributed by atoms with Gasteiger partial charge in [0.2, 0.25) is 5.91 Å². The SMILES string of the molecule is COc1ccccc1CCC(=O)N[C@@H](N)C(Cc1c[nH]c2ccccc12)C(=O)COc1ccc2ccccc2c1. The minimum atomic E-state index is -0.883. The average molecular weight is 536 g/mol. The smallest absolute Gasteiger partial charge is 0.221 e. The molecular formula is C33H33N3O4. The highest BCUT2D eigenvalue weighted by Gasteiger charge is 2.28. The molecule has 1 aromatic heterocycles. The second kappa shape index (κ2) is 12.5. The number of aromatic nitrogens is 1. The average Bonchev–Trinajstić information content (AvgIpc) is 3.40. The number of Topliss-reactive ketones (excluding diaryl/α,β-unsaturated/α-hetero) is 1. The van der Waals surface area contributed by atoms with Gasteiger partial charge in [0.05, 0.1) is 19.2 Å². The molecule has 7 nitrogen and oxygen atoms in total. The van der Waals surface area contributed by atoms with Crippen LogP contribution in [0.2, 0.25) is 0 Å². The standard InChI is InChI=1S/C33H33N3O4/c1-39-31-13-7-4-9-23(31)15-17-32(38)36-33(34)28(19-25-20-35-29-12-6-5-11-27(25)29)30(37)21-40-26-16-14-22-8-2-3-10-24(22)18-26/h2-14,16,18,20,28,33,35H,15,17,19,21,34H2,1H3,(H,36,38)/t28?,33-/m1/s1. The second-order valence-electron chi connectivity index (χ2n) is 9.84. The van der Waals surface area contributed by atoms with Gasteiger partial charge in [-0.3, -0.25) is 9.59 Å². The summed E-state index contributed by atoms with van der Waals surface area (Å²) < 4.78 is 11.3. The number of methoxy groups -OCH3 is 1. The first-order chi connectivity index (χ1) is 19.5. The Morgan fingerprint density at radius 2 is 1.65 bits per heavy atom. The maximum absolute atomic E-state index is 13.5. The minimum absolute atomic E-state index is 0.157. The van der Waals surface area contributed by atoms with E-state index in [9.17, 15) is 9.59 Å². The number of aryl methyl sites for hydroxylation is 1. The summed E-state index contributed by atoms with van der Waals surface area (Å²) in [6, 6.07) is 29.2. The van der Waals surface area contributed by atoms with Crippen molar-refractivity contribution in [2.24, 2.45) is 11.7 Å². The monoisotopic (exact) mass is 535 g/mol. The van der Waals surface area contributed by atoms with E-state index in [1.54, 1.807) is 7.11 Å². The maximum Gasteiger partial charge on any atom is 0.221 e. The number of nitrogens with two attached hydrogens (primary N) is 1. The van der Waals surface area contributed by atoms with Gasteiger partial charge in [-0.15, -0.1) is 0 Å². The lowest BCUT2D eigenvalue weighted by Gasteiger charge is -2.24. The zero-order valence-electron chi connectivity index (χ0n) is 22.4. The van der Waals surface area contributed by atoms with Gasteiger partial charge in [0.25, 0.3) is 0 Å². The number of carbonyl (C=O) groups excluding carboxylic acids is 2. The van der Waals surface area contributed by atoms with Gasteiger partial charge < -0.3 is 25.5 Å². The number of para-hydroxylation sites is 2. The zero-order chi connectivity index (χ0) is 27.9. The Kier molecular flexibility index (Phi) is 8.42. The van der Waals surface area contributed by atoms with E-state index < -0.39 is 12.1 Å². The Morgan fingerprint density at radius 3 is 2.50 bits per heavy atom. The summed E-state index contributed by atoms with van der Waals surface area (Å²) in [5, 5.41) is 6.01. The molecule has 0 fully saturated rings. The molecule has 0 bridgehead atoms. The summed E-state index contributed by atoms with van der Waals surface area (Å²) in [6.45, 7) is -0.157. The minimum Gasteiger partial charge on any atom is -0.496 e. The number of ether oxygens (including phenoxy) is 2. The van der Waals surface area contributed by atoms with Crippen LogP contribution in [0.5, 0.6) is 11.5 Å². The van der Waals surface area contributed by atoms with Gasteiger partial charge >= 0.3 is 0 Å². The van der Waals surface area contributed by atoms with Crippen molar-refractivity contribution in [3.05, 3.63) is 108 Å². The van der Waals surface area contributed by atoms with Crippen molar-refractivity contribution in [1.29, 1.82) is 0 Å². The third-order valence-electron chi connectivity index (χ3n) is 7.21. The number of nitrogens with one attached hydrogen (secondary N) is 2. The van der Waals surface area contributed by atoms with E-state index in [1.165, 1.54) is 0 Å². The van der Waals surface area contributed by atoms with Gasteiger partial charge in [0, 0.05) is 23.5 Å². The van der Waals surface area contributed by atoms with Crippen LogP contribution in [0.1, 0.15) is 17.5 Å². The molecule has 4 N–H and O–H groups in total. The summed E-state index contributed by atoms with van der Waals surface area (Å²) in [5.41, 5.74) is 9.37. The van der Waals surface area contributed by atoms with E-state index in [0.29, 0.717) is 18.6 Å². The molecule has 1 unspecified atom stereocenters. The summed E-state index contributed by atoms with van der Waals surface area (Å²) in [5.74, 6) is 0.238. The van der Waals surface area contributed by atoms with Crippen LogP contribution in [-0.2, 0) is 22.4 Å². The summed E-state index contributed by atoms with van der Waals surface area (Å²) in [7, 11) is 1.61. The summed E-state index contributed by atoms with van der Waals surface area (Å²) >= 11 is 0. The van der Waals surface area contributed by atoms with Crippen LogP contribution in [0, 0.1) is 5.92 Å². The molecule has 1 amide bonds. The summed E-state index contributed by atoms with van der Waals surface area (Å²) in [6.07, 6.45) is 2.08. The van der Waals surface area contributed by atoms with E-state index in [-0.39, 0.29) is 24.7 Å². The Bertz CT molecular complexity index is 1630. The molecule has 0 spiro atoms. The first-order valence-electron chi connectivity index (χ1n) is 13.4. The second-order valence-corrected chi connectivity index (χ2v) is 9.84. The van der Waals surface area contributed by atoms with Gasteiger partial charge in [-0.25, -0.2) is 0 Å². The molecule has 204 valence electrons. The highest BCUT2D eigenvalue weighted by molar-refractivity contribution is 5.88. The highest BCUT2D eigenvalue weighted by atomic mass is 16.5. The maximum atomic E-state index is 13.5. The number of hydrogen-bond donors (Lipinski definition) is 3. The third kappa shape index (κ3) is 6.33. The van der Waals surface area contributed by atoms with Gasteiger partial charge in [-0.05, 0) is 59.0 Å². The number of H-pyrrole nitrogens is 1. The fourth-order valence-electron chi connectivity index (χ4n) is 5.01. The zero-order valence-corrected chi connectivity index (χ0v) is 22.4. The van der Waals surface area contributed by atoms with E-state index in [2.05, 4.69) is 10.3 Å². The largest absolute Gasteiger partial charge is 0.496 e. The lowest BCUT2D eigenvalue weighted by Crippen LogP contribution is -2.51. The Morgan fingerprint density at radius 1 is 0.900 bits per heavy atom. The van der Waals surface area contributed by atoms with Crippen LogP contribution in [0.3, 0.4) is 0 Å². The van der Waals surface area contributed by atoms with Crippen molar-refractivity contribution in [2.45, 2.75) is 25.4 Å². The number of ketones is 1. The number of carbonyl (C=O) groups is 2. The fourth-order valence-corrected chi connectivity index (χ4v) is 5.01. The number of rotatable bonds is 12. The number of aromatic amines is 1. The van der Waals surface area contributed by atoms with Crippen molar-refractivity contribution in [2.75, 3.05) is 13.7 Å². The quantitative estimate of drug-likeness (QED) is 0.191. The van der Waals surface area contributed by atoms with Gasteiger partial charge in [-0.2, -0.15) is 0 Å². The van der Waals surface area contributed by atoms with E-state index in [4.69, 9.17) is 15.2 Å². The van der Waals surface area contributed by atoms with Gasteiger partial charge in [0.15, 0.2) is 5.78 Å². The van der Waals surface area contributed by atoms with Crippen LogP contribution >= 0.6 is 0 Å². The molecular weight excluding hydrogens is 502 g/mol. The van der Waals surface area contributed by atoms with Gasteiger partial charge in [-0.1, -0.05) is 66.7 Å². The third-order valence-corrected chi connectivity index (χ3v) is 7.21. The topological polar surface area (TPSA) is 106 Å². The van der Waals surface area contributed by atoms with Crippen molar-refractivity contribution in [3.63, 3.8) is 0 Å². The number of benzene rings is 4. The first kappa shape index (κ1) is 27.0. The van der Waals surface area contributed by atoms with E-state index in [0.717, 1.165) is 38.6 Å². The van der Waals surface area contributed by atoms with Crippen LogP contribution in [0.15, 0.2) is 97.2 Å². The molecule has 5 rings (SSSR count). The molecule has 1 heterocycles. The van der Waals surface area contributed by atoms with Crippen molar-refractivity contribution in [1.82, 2.24) is 10.3 Å². The molecule has 7 heteroatoms. The molecule has 0 aliphatic heterocycles. The van der Waals surface area contributed by atoms with E-state index >= 15 is 0 Å². The lowest BCUT2D eigenvalue weighted by molar-refractivity contribution is -0.127.